The fourth-order valence-corrected chi connectivity index (χ4v) is 2.71. The van der Waals surface area contributed by atoms with Crippen molar-refractivity contribution in [1.29, 1.82) is 0 Å². The molecule has 21 heavy (non-hydrogen) atoms. The minimum absolute atomic E-state index is 0.0299. The first-order valence-electron chi connectivity index (χ1n) is 5.54. The molecule has 0 aliphatic rings. The minimum atomic E-state index is -0.765. The van der Waals surface area contributed by atoms with E-state index in [4.69, 9.17) is 27.9 Å². The van der Waals surface area contributed by atoms with Crippen molar-refractivity contribution in [2.45, 2.75) is 0 Å². The summed E-state index contributed by atoms with van der Waals surface area (Å²) in [5.74, 6) is -1.12. The van der Waals surface area contributed by atoms with Gasteiger partial charge in [0.05, 0.1) is 23.9 Å². The molecule has 0 unspecified atom stereocenters. The molecule has 0 aliphatic heterocycles. The number of oxime groups is 1. The molecule has 8 heteroatoms. The van der Waals surface area contributed by atoms with Crippen LogP contribution in [0.1, 0.15) is 15.9 Å². The van der Waals surface area contributed by atoms with Gasteiger partial charge in [0, 0.05) is 5.38 Å². The van der Waals surface area contributed by atoms with Crippen LogP contribution in [0.15, 0.2) is 28.7 Å². The molecule has 0 fully saturated rings. The van der Waals surface area contributed by atoms with E-state index in [1.807, 2.05) is 0 Å². The van der Waals surface area contributed by atoms with Crippen molar-refractivity contribution < 1.29 is 18.8 Å². The summed E-state index contributed by atoms with van der Waals surface area (Å²) in [5.41, 5.74) is 0.173. The third kappa shape index (κ3) is 3.53. The predicted octanol–water partition coefficient (Wildman–Crippen LogP) is 4.39. The Morgan fingerprint density at radius 3 is 2.86 bits per heavy atom. The van der Waals surface area contributed by atoms with Crippen LogP contribution in [0.4, 0.5) is 4.39 Å². The smallest absolute Gasteiger partial charge is 0.370 e. The summed E-state index contributed by atoms with van der Waals surface area (Å²) in [6, 6.07) is 4.17. The van der Waals surface area contributed by atoms with Crippen LogP contribution in [0.5, 0.6) is 5.75 Å². The molecule has 4 nitrogen and oxygen atoms in total. The number of benzene rings is 1. The first kappa shape index (κ1) is 15.8. The highest BCUT2D eigenvalue weighted by Crippen LogP contribution is 2.35. The van der Waals surface area contributed by atoms with E-state index in [9.17, 15) is 9.18 Å². The molecule has 0 spiro atoms. The summed E-state index contributed by atoms with van der Waals surface area (Å²) >= 11 is 12.8. The maximum absolute atomic E-state index is 13.5. The maximum Gasteiger partial charge on any atom is 0.370 e. The first-order chi connectivity index (χ1) is 10.0. The van der Waals surface area contributed by atoms with Crippen molar-refractivity contribution >= 4 is 46.7 Å². The Hall–Kier alpha value is -1.63. The van der Waals surface area contributed by atoms with Gasteiger partial charge in [0.2, 0.25) is 0 Å². The van der Waals surface area contributed by atoms with Crippen molar-refractivity contribution in [2.75, 3.05) is 7.11 Å². The van der Waals surface area contributed by atoms with Crippen LogP contribution in [-0.2, 0) is 4.84 Å². The van der Waals surface area contributed by atoms with Gasteiger partial charge in [-0.1, -0.05) is 34.4 Å². The summed E-state index contributed by atoms with van der Waals surface area (Å²) in [6.07, 6.45) is 1.02. The summed E-state index contributed by atoms with van der Waals surface area (Å²) in [5, 5.41) is 5.07. The monoisotopic (exact) mass is 347 g/mol. The highest BCUT2D eigenvalue weighted by atomic mass is 35.5. The second-order valence-corrected chi connectivity index (χ2v) is 5.59. The molecule has 1 heterocycles. The lowest BCUT2D eigenvalue weighted by molar-refractivity contribution is 0.0516. The molecule has 110 valence electrons. The van der Waals surface area contributed by atoms with Gasteiger partial charge in [0.1, 0.15) is 15.7 Å². The van der Waals surface area contributed by atoms with Gasteiger partial charge in [-0.15, -0.1) is 11.3 Å². The number of hydrogen-bond acceptors (Lipinski definition) is 5. The maximum atomic E-state index is 13.5. The van der Waals surface area contributed by atoms with E-state index in [-0.39, 0.29) is 21.9 Å². The Labute approximate surface area is 133 Å². The second kappa shape index (κ2) is 6.89. The highest BCUT2D eigenvalue weighted by molar-refractivity contribution is 7.15. The predicted molar refractivity (Wildman–Crippen MR) is 80.3 cm³/mol. The lowest BCUT2D eigenvalue weighted by Crippen LogP contribution is -2.02. The lowest BCUT2D eigenvalue weighted by Gasteiger charge is -2.01. The molecule has 0 amide bonds. The number of methoxy groups -OCH3 is 1. The molecule has 2 rings (SSSR count). The Morgan fingerprint density at radius 1 is 1.43 bits per heavy atom. The molecule has 1 aromatic heterocycles. The molecular formula is C13H8Cl2FNO3S. The topological polar surface area (TPSA) is 47.9 Å². The van der Waals surface area contributed by atoms with Gasteiger partial charge in [0.15, 0.2) is 5.75 Å². The van der Waals surface area contributed by atoms with E-state index in [0.717, 1.165) is 17.6 Å². The summed E-state index contributed by atoms with van der Waals surface area (Å²) < 4.78 is 18.8. The van der Waals surface area contributed by atoms with Gasteiger partial charge >= 0.3 is 5.97 Å². The van der Waals surface area contributed by atoms with Gasteiger partial charge in [-0.25, -0.2) is 9.18 Å². The van der Waals surface area contributed by atoms with Crippen LogP contribution in [0, 0.1) is 5.82 Å². The summed E-state index contributed by atoms with van der Waals surface area (Å²) in [6.45, 7) is 0. The number of carbonyl (C=O) groups excluding carboxylic acids is 1. The van der Waals surface area contributed by atoms with E-state index in [1.165, 1.54) is 30.7 Å². The Balaban J connectivity index is 2.12. The van der Waals surface area contributed by atoms with E-state index >= 15 is 0 Å². The Morgan fingerprint density at radius 2 is 2.19 bits per heavy atom. The van der Waals surface area contributed by atoms with Gasteiger partial charge in [0.25, 0.3) is 0 Å². The van der Waals surface area contributed by atoms with Gasteiger partial charge in [-0.2, -0.15) is 0 Å². The van der Waals surface area contributed by atoms with Crippen molar-refractivity contribution in [3.8, 4) is 5.75 Å². The number of nitrogens with zero attached hydrogens (tertiary/aromatic N) is 1. The van der Waals surface area contributed by atoms with Crippen LogP contribution >= 0.6 is 34.5 Å². The number of carbonyl (C=O) groups is 1. The van der Waals surface area contributed by atoms with Gasteiger partial charge in [-0.05, 0) is 12.1 Å². The molecule has 0 radical (unpaired) electrons. The van der Waals surface area contributed by atoms with E-state index in [0.29, 0.717) is 4.34 Å². The Kier molecular flexibility index (Phi) is 5.17. The molecule has 1 aromatic carbocycles. The van der Waals surface area contributed by atoms with Gasteiger partial charge < -0.3 is 9.57 Å². The van der Waals surface area contributed by atoms with Crippen LogP contribution in [-0.4, -0.2) is 19.3 Å². The summed E-state index contributed by atoms with van der Waals surface area (Å²) in [4.78, 5) is 16.5. The average Bonchev–Trinajstić information content (AvgIpc) is 2.83. The Bertz CT molecular complexity index is 682. The number of hydrogen-bond donors (Lipinski definition) is 0. The zero-order valence-corrected chi connectivity index (χ0v) is 12.9. The minimum Gasteiger partial charge on any atom is -0.493 e. The van der Waals surface area contributed by atoms with Crippen molar-refractivity contribution in [1.82, 2.24) is 0 Å². The number of rotatable bonds is 4. The SMILES string of the molecule is COc1c(C(=O)O/N=C/c2c(F)cccc2Cl)csc1Cl. The first-order valence-corrected chi connectivity index (χ1v) is 7.18. The highest BCUT2D eigenvalue weighted by Gasteiger charge is 2.19. The molecule has 0 saturated carbocycles. The van der Waals surface area contributed by atoms with Crippen LogP contribution in [0.3, 0.4) is 0 Å². The molecule has 0 bridgehead atoms. The van der Waals surface area contributed by atoms with E-state index in [2.05, 4.69) is 9.99 Å². The van der Waals surface area contributed by atoms with E-state index in [1.54, 1.807) is 0 Å². The number of thiophene rings is 1. The fraction of sp³-hybridized carbons (Fsp3) is 0.0769. The molecule has 0 atom stereocenters. The molecule has 0 N–H and O–H groups in total. The fourth-order valence-electron chi connectivity index (χ4n) is 1.46. The molecule has 0 aliphatic carbocycles. The van der Waals surface area contributed by atoms with Crippen molar-refractivity contribution in [3.63, 3.8) is 0 Å². The zero-order chi connectivity index (χ0) is 15.4. The van der Waals surface area contributed by atoms with Gasteiger partial charge in [-0.3, -0.25) is 0 Å². The average molecular weight is 348 g/mol. The molecular weight excluding hydrogens is 340 g/mol. The van der Waals surface area contributed by atoms with Crippen LogP contribution in [0.25, 0.3) is 0 Å². The van der Waals surface area contributed by atoms with Crippen LogP contribution < -0.4 is 4.74 Å². The number of ether oxygens (including phenoxy) is 1. The third-order valence-corrected chi connectivity index (χ3v) is 3.96. The summed E-state index contributed by atoms with van der Waals surface area (Å²) in [7, 11) is 1.38. The van der Waals surface area contributed by atoms with E-state index < -0.39 is 11.8 Å². The van der Waals surface area contributed by atoms with Crippen molar-refractivity contribution in [2.24, 2.45) is 5.16 Å². The largest absolute Gasteiger partial charge is 0.493 e. The second-order valence-electron chi connectivity index (χ2n) is 3.70. The van der Waals surface area contributed by atoms with Crippen LogP contribution in [0.2, 0.25) is 9.36 Å². The lowest BCUT2D eigenvalue weighted by atomic mass is 10.2. The third-order valence-electron chi connectivity index (χ3n) is 2.44. The normalized spacial score (nSPS) is 10.9. The van der Waals surface area contributed by atoms with Crippen molar-refractivity contribution in [3.05, 3.63) is 49.9 Å². The number of halogens is 3. The standard InChI is InChI=1S/C13H8Cl2FNO3S/c1-19-11-8(6-21-12(11)15)13(18)20-17-5-7-9(14)3-2-4-10(7)16/h2-6H,1H3/b17-5+. The zero-order valence-electron chi connectivity index (χ0n) is 10.6. The molecule has 2 aromatic rings. The molecule has 0 saturated heterocycles. The quantitative estimate of drug-likeness (QED) is 0.468.